The van der Waals surface area contributed by atoms with E-state index in [1.807, 2.05) is 61.3 Å². The predicted octanol–water partition coefficient (Wildman–Crippen LogP) is 4.75. The number of aliphatic carboxylic acids is 2. The van der Waals surface area contributed by atoms with Crippen molar-refractivity contribution in [3.05, 3.63) is 60.8 Å². The number of nitrogens with one attached hydrogen (secondary N) is 2. The van der Waals surface area contributed by atoms with Crippen molar-refractivity contribution in [1.82, 2.24) is 30.0 Å². The first kappa shape index (κ1) is 36.8. The lowest BCUT2D eigenvalue weighted by atomic mass is 9.86. The summed E-state index contributed by atoms with van der Waals surface area (Å²) in [5, 5.41) is 32.3. The van der Waals surface area contributed by atoms with Gasteiger partial charge in [-0.2, -0.15) is 36.7 Å². The Morgan fingerprint density at radius 3 is 2.15 bits per heavy atom. The monoisotopic (exact) mass is 682 g/mol. The van der Waals surface area contributed by atoms with E-state index in [0.29, 0.717) is 25.1 Å². The third-order valence-corrected chi connectivity index (χ3v) is 7.04. The molecule has 1 aliphatic rings. The largest absolute Gasteiger partial charge is 0.490 e. The molecule has 4 heterocycles. The van der Waals surface area contributed by atoms with Crippen molar-refractivity contribution in [1.29, 1.82) is 5.26 Å². The first-order chi connectivity index (χ1) is 22.4. The van der Waals surface area contributed by atoms with Crippen molar-refractivity contribution in [3.8, 4) is 17.3 Å². The van der Waals surface area contributed by atoms with Gasteiger partial charge in [-0.3, -0.25) is 9.48 Å². The fourth-order valence-electron chi connectivity index (χ4n) is 4.37. The van der Waals surface area contributed by atoms with Gasteiger partial charge in [-0.25, -0.2) is 19.6 Å². The maximum atomic E-state index is 12.4. The van der Waals surface area contributed by atoms with Gasteiger partial charge >= 0.3 is 24.3 Å². The molecule has 0 unspecified atom stereocenters. The highest BCUT2D eigenvalue weighted by molar-refractivity contribution is 5.94. The molecular formula is C29H28F6N8O5. The number of halogens is 6. The second-order valence-electron chi connectivity index (χ2n) is 10.5. The molecule has 0 saturated carbocycles. The Morgan fingerprint density at radius 1 is 1.04 bits per heavy atom. The van der Waals surface area contributed by atoms with E-state index in [2.05, 4.69) is 36.3 Å². The number of carboxylic acid groups (broad SMARTS) is 2. The Labute approximate surface area is 267 Å². The highest BCUT2D eigenvalue weighted by Gasteiger charge is 2.46. The molecule has 13 nitrogen and oxygen atoms in total. The van der Waals surface area contributed by atoms with Crippen LogP contribution in [0.15, 0.2) is 55.2 Å². The Kier molecular flexibility index (Phi) is 11.4. The van der Waals surface area contributed by atoms with Crippen molar-refractivity contribution in [3.63, 3.8) is 0 Å². The van der Waals surface area contributed by atoms with E-state index in [4.69, 9.17) is 19.8 Å². The smallest absolute Gasteiger partial charge is 0.475 e. The number of alkyl halides is 6. The van der Waals surface area contributed by atoms with Crippen LogP contribution < -0.4 is 10.2 Å². The highest BCUT2D eigenvalue weighted by Crippen LogP contribution is 2.37. The van der Waals surface area contributed by atoms with Crippen LogP contribution in [0.4, 0.5) is 32.0 Å². The maximum absolute atomic E-state index is 12.4. The zero-order chi connectivity index (χ0) is 35.9. The standard InChI is InChI=1S/C25H26N8O.2C2HF3O2/c1-3-17(2)31-24(34)18-4-6-20(7-5-18)32-14-25(15-32,9-10-26)33-13-19(12-30-33)22-21-8-11-27-23(21)29-16-28-22;2*3-2(4,5)1(6)7/h4-8,11-13,16-17H,3,9,14-15H2,1-2H3,(H,31,34)(H,27,28,29);2*(H,6,7)/t17-;;/m1../s1. The predicted molar refractivity (Wildman–Crippen MR) is 157 cm³/mol. The summed E-state index contributed by atoms with van der Waals surface area (Å²) in [7, 11) is 0. The Balaban J connectivity index is 0.000000376. The number of carboxylic acids is 2. The first-order valence-electron chi connectivity index (χ1n) is 13.9. The number of hydrogen-bond donors (Lipinski definition) is 4. The Bertz CT molecular complexity index is 1750. The van der Waals surface area contributed by atoms with E-state index < -0.39 is 29.8 Å². The first-order valence-corrected chi connectivity index (χ1v) is 13.9. The third-order valence-electron chi connectivity index (χ3n) is 7.04. The van der Waals surface area contributed by atoms with Gasteiger partial charge in [0.25, 0.3) is 5.91 Å². The van der Waals surface area contributed by atoms with Crippen molar-refractivity contribution in [2.45, 2.75) is 50.6 Å². The van der Waals surface area contributed by atoms with E-state index in [1.165, 1.54) is 6.33 Å². The van der Waals surface area contributed by atoms with Crippen LogP contribution in [0.25, 0.3) is 22.3 Å². The molecule has 0 spiro atoms. The number of aromatic nitrogens is 5. The average Bonchev–Trinajstić information content (AvgIpc) is 3.69. The van der Waals surface area contributed by atoms with Crippen molar-refractivity contribution >= 4 is 34.6 Å². The van der Waals surface area contributed by atoms with Crippen LogP contribution in [0.3, 0.4) is 0 Å². The molecular weight excluding hydrogens is 654 g/mol. The second-order valence-corrected chi connectivity index (χ2v) is 10.5. The number of carbonyl (C=O) groups excluding carboxylic acids is 1. The molecule has 1 fully saturated rings. The molecule has 256 valence electrons. The zero-order valence-electron chi connectivity index (χ0n) is 25.2. The zero-order valence-corrected chi connectivity index (χ0v) is 25.2. The number of benzene rings is 1. The highest BCUT2D eigenvalue weighted by atomic mass is 19.4. The van der Waals surface area contributed by atoms with Gasteiger partial charge < -0.3 is 25.4 Å². The van der Waals surface area contributed by atoms with Gasteiger partial charge in [-0.05, 0) is 43.7 Å². The molecule has 3 aromatic heterocycles. The molecule has 1 aromatic carbocycles. The minimum Gasteiger partial charge on any atom is -0.475 e. The van der Waals surface area contributed by atoms with Crippen LogP contribution in [0.2, 0.25) is 0 Å². The van der Waals surface area contributed by atoms with Crippen molar-refractivity contribution in [2.24, 2.45) is 0 Å². The van der Waals surface area contributed by atoms with Crippen LogP contribution in [0.5, 0.6) is 0 Å². The van der Waals surface area contributed by atoms with Gasteiger partial charge in [-0.1, -0.05) is 6.92 Å². The minimum absolute atomic E-state index is 0.0614. The molecule has 48 heavy (non-hydrogen) atoms. The summed E-state index contributed by atoms with van der Waals surface area (Å²) in [5.41, 5.74) is 3.73. The average molecular weight is 683 g/mol. The number of aromatic amines is 1. The summed E-state index contributed by atoms with van der Waals surface area (Å²) in [5.74, 6) is -5.58. The van der Waals surface area contributed by atoms with E-state index in [1.54, 1.807) is 6.20 Å². The normalized spacial score (nSPS) is 14.3. The van der Waals surface area contributed by atoms with Gasteiger partial charge in [0, 0.05) is 53.7 Å². The summed E-state index contributed by atoms with van der Waals surface area (Å²) in [6, 6.07) is 12.0. The second kappa shape index (κ2) is 14.8. The van der Waals surface area contributed by atoms with Gasteiger partial charge in [0.15, 0.2) is 0 Å². The molecule has 5 rings (SSSR count). The summed E-state index contributed by atoms with van der Waals surface area (Å²) in [6.07, 6.45) is -1.79. The number of nitriles is 1. The van der Waals surface area contributed by atoms with Gasteiger partial charge in [0.1, 0.15) is 17.5 Å². The summed E-state index contributed by atoms with van der Waals surface area (Å²) in [6.45, 7) is 5.35. The summed E-state index contributed by atoms with van der Waals surface area (Å²) in [4.78, 5) is 44.1. The van der Waals surface area contributed by atoms with Gasteiger partial charge in [0.2, 0.25) is 0 Å². The lowest BCUT2D eigenvalue weighted by Crippen LogP contribution is -2.63. The van der Waals surface area contributed by atoms with Gasteiger partial charge in [-0.15, -0.1) is 0 Å². The molecule has 4 N–H and O–H groups in total. The number of rotatable bonds is 7. The fraction of sp³-hybridized carbons (Fsp3) is 0.345. The maximum Gasteiger partial charge on any atom is 0.490 e. The SMILES string of the molecule is CC[C@@H](C)NC(=O)c1ccc(N2CC(CC#N)(n3cc(-c4ncnc5[nH]ccc45)cn3)C2)cc1.O=C(O)C(F)(F)F.O=C(O)C(F)(F)F. The molecule has 1 aliphatic heterocycles. The van der Waals surface area contributed by atoms with E-state index in [0.717, 1.165) is 34.4 Å². The molecule has 0 bridgehead atoms. The number of carbonyl (C=O) groups is 3. The number of hydrogen-bond acceptors (Lipinski definition) is 8. The Hall–Kier alpha value is -5.67. The number of H-pyrrole nitrogens is 1. The lowest BCUT2D eigenvalue weighted by Gasteiger charge is -2.50. The Morgan fingerprint density at radius 2 is 1.62 bits per heavy atom. The topological polar surface area (TPSA) is 190 Å². The number of fused-ring (bicyclic) bond motifs is 1. The molecule has 0 radical (unpaired) electrons. The molecule has 1 saturated heterocycles. The summed E-state index contributed by atoms with van der Waals surface area (Å²) >= 11 is 0. The van der Waals surface area contributed by atoms with Crippen LogP contribution in [-0.2, 0) is 15.1 Å². The minimum atomic E-state index is -5.08. The molecule has 1 amide bonds. The van der Waals surface area contributed by atoms with Crippen LogP contribution in [0, 0.1) is 11.3 Å². The van der Waals surface area contributed by atoms with Crippen LogP contribution in [-0.4, -0.2) is 84.3 Å². The number of amides is 1. The van der Waals surface area contributed by atoms with Crippen molar-refractivity contribution < 1.29 is 50.9 Å². The lowest BCUT2D eigenvalue weighted by molar-refractivity contribution is -0.193. The molecule has 0 aliphatic carbocycles. The molecule has 19 heteroatoms. The van der Waals surface area contributed by atoms with E-state index >= 15 is 0 Å². The molecule has 1 atom stereocenters. The van der Waals surface area contributed by atoms with Gasteiger partial charge in [0.05, 0.1) is 24.4 Å². The van der Waals surface area contributed by atoms with Crippen molar-refractivity contribution in [2.75, 3.05) is 18.0 Å². The van der Waals surface area contributed by atoms with Crippen LogP contribution in [0.1, 0.15) is 37.0 Å². The fourth-order valence-corrected chi connectivity index (χ4v) is 4.37. The quantitative estimate of drug-likeness (QED) is 0.198. The summed E-state index contributed by atoms with van der Waals surface area (Å²) < 4.78 is 65.4. The number of anilines is 1. The third kappa shape index (κ3) is 8.98. The molecule has 4 aromatic rings. The number of nitrogens with zero attached hydrogens (tertiary/aromatic N) is 6. The van der Waals surface area contributed by atoms with E-state index in [9.17, 15) is 36.4 Å². The van der Waals surface area contributed by atoms with E-state index in [-0.39, 0.29) is 11.9 Å². The van der Waals surface area contributed by atoms with Crippen LogP contribution >= 0.6 is 0 Å².